The first-order valence-corrected chi connectivity index (χ1v) is 6.45. The predicted octanol–water partition coefficient (Wildman–Crippen LogP) is 0.466. The van der Waals surface area contributed by atoms with E-state index >= 15 is 0 Å². The molecular weight excluding hydrogens is 264 g/mol. The van der Waals surface area contributed by atoms with Crippen LogP contribution in [-0.2, 0) is 9.47 Å². The van der Waals surface area contributed by atoms with E-state index in [1.54, 1.807) is 24.3 Å². The Kier molecular flexibility index (Phi) is 4.84. The fourth-order valence-corrected chi connectivity index (χ4v) is 1.88. The third-order valence-corrected chi connectivity index (χ3v) is 3.04. The van der Waals surface area contributed by atoms with Crippen LogP contribution in [0.5, 0.6) is 0 Å². The van der Waals surface area contributed by atoms with Crippen LogP contribution in [0.15, 0.2) is 24.3 Å². The number of carbonyl (C=O) groups is 1. The van der Waals surface area contributed by atoms with Crippen LogP contribution in [0.2, 0.25) is 0 Å². The molecule has 3 N–H and O–H groups in total. The van der Waals surface area contributed by atoms with E-state index in [0.717, 1.165) is 5.56 Å². The lowest BCUT2D eigenvalue weighted by atomic mass is 10.1. The molecule has 0 spiro atoms. The van der Waals surface area contributed by atoms with Gasteiger partial charge in [0.2, 0.25) is 0 Å². The number of nitrogens with two attached hydrogens (primary N) is 1. The molecule has 1 amide bonds. The molecule has 1 aliphatic heterocycles. The summed E-state index contributed by atoms with van der Waals surface area (Å²) in [6.07, 6.45) is -0.0754. The summed E-state index contributed by atoms with van der Waals surface area (Å²) in [5.74, 6) is -0.149. The molecule has 0 aromatic heterocycles. The summed E-state index contributed by atoms with van der Waals surface area (Å²) in [6.45, 7) is 2.14. The zero-order valence-corrected chi connectivity index (χ0v) is 11.2. The van der Waals surface area contributed by atoms with Crippen LogP contribution in [0.4, 0.5) is 0 Å². The summed E-state index contributed by atoms with van der Waals surface area (Å²) in [5.41, 5.74) is 6.81. The van der Waals surface area contributed by atoms with E-state index in [9.17, 15) is 4.79 Å². The monoisotopic (exact) mass is 280 g/mol. The zero-order chi connectivity index (χ0) is 13.7. The van der Waals surface area contributed by atoms with Crippen molar-refractivity contribution < 1.29 is 14.3 Å². The van der Waals surface area contributed by atoms with Crippen molar-refractivity contribution in [1.82, 2.24) is 5.32 Å². The number of hydrogen-bond acceptors (Lipinski definition) is 4. The zero-order valence-electron chi connectivity index (χ0n) is 10.4. The normalized spacial score (nSPS) is 18.8. The molecule has 1 fully saturated rings. The molecule has 6 heteroatoms. The second-order valence-corrected chi connectivity index (χ2v) is 4.66. The highest BCUT2D eigenvalue weighted by atomic mass is 32.1. The Balaban J connectivity index is 1.86. The first-order chi connectivity index (χ1) is 9.16. The molecule has 2 rings (SSSR count). The third-order valence-electron chi connectivity index (χ3n) is 2.81. The van der Waals surface area contributed by atoms with Crippen molar-refractivity contribution in [2.45, 2.75) is 6.10 Å². The van der Waals surface area contributed by atoms with Gasteiger partial charge < -0.3 is 20.5 Å². The summed E-state index contributed by atoms with van der Waals surface area (Å²) in [5, 5.41) is 2.81. The van der Waals surface area contributed by atoms with Crippen molar-refractivity contribution in [1.29, 1.82) is 0 Å². The van der Waals surface area contributed by atoms with Gasteiger partial charge in [0.05, 0.1) is 25.9 Å². The summed E-state index contributed by atoms with van der Waals surface area (Å²) in [4.78, 5) is 12.2. The largest absolute Gasteiger partial charge is 0.389 e. The van der Waals surface area contributed by atoms with Crippen molar-refractivity contribution in [2.75, 3.05) is 26.4 Å². The lowest BCUT2D eigenvalue weighted by Crippen LogP contribution is -2.39. The Labute approximate surface area is 117 Å². The molecule has 1 aliphatic rings. The molecule has 1 aromatic carbocycles. The molecule has 102 valence electrons. The quantitative estimate of drug-likeness (QED) is 0.784. The van der Waals surface area contributed by atoms with E-state index in [1.807, 2.05) is 0 Å². The number of ether oxygens (including phenoxy) is 2. The molecule has 19 heavy (non-hydrogen) atoms. The van der Waals surface area contributed by atoms with Crippen LogP contribution in [-0.4, -0.2) is 43.4 Å². The van der Waals surface area contributed by atoms with Gasteiger partial charge in [0.1, 0.15) is 4.99 Å². The molecule has 0 bridgehead atoms. The van der Waals surface area contributed by atoms with Crippen LogP contribution in [0.1, 0.15) is 15.9 Å². The number of thiocarbonyl (C=S) groups is 1. The van der Waals surface area contributed by atoms with E-state index in [-0.39, 0.29) is 12.0 Å². The van der Waals surface area contributed by atoms with Crippen molar-refractivity contribution >= 4 is 23.1 Å². The first kappa shape index (κ1) is 13.9. The van der Waals surface area contributed by atoms with Gasteiger partial charge in [-0.1, -0.05) is 24.4 Å². The Morgan fingerprint density at radius 3 is 2.58 bits per heavy atom. The van der Waals surface area contributed by atoms with E-state index in [2.05, 4.69) is 5.32 Å². The molecule has 0 aliphatic carbocycles. The minimum atomic E-state index is -0.149. The van der Waals surface area contributed by atoms with Crippen LogP contribution in [0, 0.1) is 0 Å². The highest BCUT2D eigenvalue weighted by molar-refractivity contribution is 7.80. The van der Waals surface area contributed by atoms with Gasteiger partial charge in [-0.25, -0.2) is 0 Å². The number of nitrogens with one attached hydrogen (secondary N) is 1. The van der Waals surface area contributed by atoms with Crippen LogP contribution in [0.3, 0.4) is 0 Å². The molecular formula is C13H16N2O3S. The Morgan fingerprint density at radius 2 is 2.00 bits per heavy atom. The second-order valence-electron chi connectivity index (χ2n) is 4.22. The summed E-state index contributed by atoms with van der Waals surface area (Å²) in [7, 11) is 0. The number of rotatable bonds is 4. The van der Waals surface area contributed by atoms with E-state index in [0.29, 0.717) is 36.9 Å². The maximum atomic E-state index is 11.9. The maximum absolute atomic E-state index is 11.9. The van der Waals surface area contributed by atoms with Gasteiger partial charge in [-0.05, 0) is 12.1 Å². The third kappa shape index (κ3) is 3.99. The fraction of sp³-hybridized carbons (Fsp3) is 0.385. The molecule has 1 heterocycles. The predicted molar refractivity (Wildman–Crippen MR) is 75.2 cm³/mol. The minimum absolute atomic E-state index is 0.0754. The number of hydrogen-bond donors (Lipinski definition) is 2. The molecule has 1 aromatic rings. The molecule has 1 atom stereocenters. The van der Waals surface area contributed by atoms with Crippen molar-refractivity contribution in [3.8, 4) is 0 Å². The Hall–Kier alpha value is -1.50. The average Bonchev–Trinajstić information content (AvgIpc) is 2.46. The van der Waals surface area contributed by atoms with Gasteiger partial charge in [0, 0.05) is 17.7 Å². The minimum Gasteiger partial charge on any atom is -0.389 e. The van der Waals surface area contributed by atoms with Crippen LogP contribution < -0.4 is 11.1 Å². The Morgan fingerprint density at radius 1 is 1.32 bits per heavy atom. The SMILES string of the molecule is NC(=S)c1ccc(C(=O)NCC2COCCO2)cc1. The van der Waals surface area contributed by atoms with E-state index in [4.69, 9.17) is 27.4 Å². The van der Waals surface area contributed by atoms with Gasteiger partial charge in [0.25, 0.3) is 5.91 Å². The standard InChI is InChI=1S/C13H16N2O3S/c14-12(19)9-1-3-10(4-2-9)13(16)15-7-11-8-17-5-6-18-11/h1-4,11H,5-8H2,(H2,14,19)(H,15,16). The number of carbonyl (C=O) groups excluding carboxylic acids is 1. The highest BCUT2D eigenvalue weighted by Gasteiger charge is 2.15. The van der Waals surface area contributed by atoms with Crippen molar-refractivity contribution in [2.24, 2.45) is 5.73 Å². The Bertz CT molecular complexity index is 455. The first-order valence-electron chi connectivity index (χ1n) is 6.04. The lowest BCUT2D eigenvalue weighted by molar-refractivity contribution is -0.0855. The van der Waals surface area contributed by atoms with Crippen molar-refractivity contribution in [3.05, 3.63) is 35.4 Å². The van der Waals surface area contributed by atoms with Gasteiger partial charge in [-0.3, -0.25) is 4.79 Å². The van der Waals surface area contributed by atoms with Crippen molar-refractivity contribution in [3.63, 3.8) is 0 Å². The van der Waals surface area contributed by atoms with Gasteiger partial charge in [0.15, 0.2) is 0 Å². The second kappa shape index (κ2) is 6.60. The van der Waals surface area contributed by atoms with E-state index in [1.165, 1.54) is 0 Å². The van der Waals surface area contributed by atoms with Crippen LogP contribution in [0.25, 0.3) is 0 Å². The van der Waals surface area contributed by atoms with Gasteiger partial charge >= 0.3 is 0 Å². The summed E-state index contributed by atoms with van der Waals surface area (Å²) < 4.78 is 10.7. The highest BCUT2D eigenvalue weighted by Crippen LogP contribution is 2.05. The molecule has 1 saturated heterocycles. The molecule has 0 saturated carbocycles. The average molecular weight is 280 g/mol. The van der Waals surface area contributed by atoms with Crippen LogP contribution >= 0.6 is 12.2 Å². The molecule has 1 unspecified atom stereocenters. The lowest BCUT2D eigenvalue weighted by Gasteiger charge is -2.23. The maximum Gasteiger partial charge on any atom is 0.251 e. The molecule has 0 radical (unpaired) electrons. The fourth-order valence-electron chi connectivity index (χ4n) is 1.75. The topological polar surface area (TPSA) is 73.6 Å². The van der Waals surface area contributed by atoms with Gasteiger partial charge in [-0.2, -0.15) is 0 Å². The smallest absolute Gasteiger partial charge is 0.251 e. The summed E-state index contributed by atoms with van der Waals surface area (Å²) >= 11 is 4.85. The number of amides is 1. The summed E-state index contributed by atoms with van der Waals surface area (Å²) in [6, 6.07) is 6.86. The van der Waals surface area contributed by atoms with Gasteiger partial charge in [-0.15, -0.1) is 0 Å². The number of benzene rings is 1. The molecule has 5 nitrogen and oxygen atoms in total. The van der Waals surface area contributed by atoms with E-state index < -0.39 is 0 Å².